The summed E-state index contributed by atoms with van der Waals surface area (Å²) >= 11 is 0. The molecule has 1 saturated heterocycles. The molecular formula is C23H24N6O2S. The van der Waals surface area contributed by atoms with Gasteiger partial charge in [-0.05, 0) is 49.5 Å². The van der Waals surface area contributed by atoms with Crippen molar-refractivity contribution < 1.29 is 8.42 Å². The highest BCUT2D eigenvalue weighted by atomic mass is 32.2. The molecule has 3 heterocycles. The first-order valence-electron chi connectivity index (χ1n) is 10.5. The van der Waals surface area contributed by atoms with Gasteiger partial charge >= 0.3 is 0 Å². The second kappa shape index (κ2) is 8.25. The van der Waals surface area contributed by atoms with Crippen molar-refractivity contribution in [1.82, 2.24) is 18.8 Å². The molecule has 1 fully saturated rings. The molecule has 2 aromatic carbocycles. The minimum absolute atomic E-state index is 0.213. The standard InChI is InChI=1S/C23H24N6O2S/c1-27-13-15-28(16-14-27)20-9-7-19(8-10-20)25-23-24-17-18-11-12-29(22(18)26-23)32(30,31)21-5-3-2-4-6-21/h2-12,17H,13-16H2,1H3,(H,24,25,26). The number of hydrogen-bond acceptors (Lipinski definition) is 7. The quantitative estimate of drug-likeness (QED) is 0.502. The highest BCUT2D eigenvalue weighted by molar-refractivity contribution is 7.90. The van der Waals surface area contributed by atoms with E-state index in [-0.39, 0.29) is 4.90 Å². The number of piperazine rings is 1. The average molecular weight is 449 g/mol. The van der Waals surface area contributed by atoms with Crippen molar-refractivity contribution in [2.24, 2.45) is 0 Å². The molecule has 1 aliphatic rings. The van der Waals surface area contributed by atoms with Crippen LogP contribution in [0.2, 0.25) is 0 Å². The maximum Gasteiger partial charge on any atom is 0.269 e. The zero-order chi connectivity index (χ0) is 22.1. The Morgan fingerprint density at radius 3 is 2.34 bits per heavy atom. The fourth-order valence-corrected chi connectivity index (χ4v) is 5.13. The SMILES string of the molecule is CN1CCN(c2ccc(Nc3ncc4ccn(S(=O)(=O)c5ccccc5)c4n3)cc2)CC1. The van der Waals surface area contributed by atoms with Crippen LogP contribution in [0.25, 0.3) is 11.0 Å². The molecule has 0 radical (unpaired) electrons. The first-order valence-corrected chi connectivity index (χ1v) is 11.9. The second-order valence-electron chi connectivity index (χ2n) is 7.86. The third-order valence-corrected chi connectivity index (χ3v) is 7.37. The van der Waals surface area contributed by atoms with Crippen LogP contribution < -0.4 is 10.2 Å². The summed E-state index contributed by atoms with van der Waals surface area (Å²) in [5.74, 6) is 0.341. The van der Waals surface area contributed by atoms with Gasteiger partial charge in [-0.2, -0.15) is 4.98 Å². The van der Waals surface area contributed by atoms with E-state index in [1.165, 1.54) is 15.9 Å². The Kier molecular flexibility index (Phi) is 5.28. The molecule has 2 aromatic heterocycles. The molecule has 8 nitrogen and oxygen atoms in total. The number of anilines is 3. The molecule has 0 bridgehead atoms. The molecule has 1 aliphatic heterocycles. The monoisotopic (exact) mass is 448 g/mol. The van der Waals surface area contributed by atoms with Crippen LogP contribution in [0.5, 0.6) is 0 Å². The van der Waals surface area contributed by atoms with Gasteiger partial charge in [0, 0.05) is 55.3 Å². The maximum absolute atomic E-state index is 13.1. The lowest BCUT2D eigenvalue weighted by atomic mass is 10.2. The summed E-state index contributed by atoms with van der Waals surface area (Å²) in [5, 5.41) is 3.84. The first kappa shape index (κ1) is 20.5. The molecule has 0 atom stereocenters. The summed E-state index contributed by atoms with van der Waals surface area (Å²) in [6.45, 7) is 4.13. The molecule has 0 spiro atoms. The van der Waals surface area contributed by atoms with Crippen LogP contribution in [0.4, 0.5) is 17.3 Å². The zero-order valence-electron chi connectivity index (χ0n) is 17.7. The minimum atomic E-state index is -3.74. The summed E-state index contributed by atoms with van der Waals surface area (Å²) in [4.78, 5) is 13.7. The number of benzene rings is 2. The lowest BCUT2D eigenvalue weighted by Gasteiger charge is -2.34. The zero-order valence-corrected chi connectivity index (χ0v) is 18.5. The summed E-state index contributed by atoms with van der Waals surface area (Å²) in [6.07, 6.45) is 3.14. The van der Waals surface area contributed by atoms with Gasteiger partial charge in [0.15, 0.2) is 5.65 Å². The number of hydrogen-bond donors (Lipinski definition) is 1. The fourth-order valence-electron chi connectivity index (χ4n) is 3.80. The van der Waals surface area contributed by atoms with E-state index >= 15 is 0 Å². The van der Waals surface area contributed by atoms with Crippen molar-refractivity contribution in [3.05, 3.63) is 73.1 Å². The van der Waals surface area contributed by atoms with E-state index in [0.717, 1.165) is 31.9 Å². The van der Waals surface area contributed by atoms with Gasteiger partial charge in [-0.15, -0.1) is 0 Å². The first-order chi connectivity index (χ1) is 15.5. The van der Waals surface area contributed by atoms with Gasteiger partial charge < -0.3 is 15.1 Å². The molecule has 0 unspecified atom stereocenters. The number of nitrogens with zero attached hydrogens (tertiary/aromatic N) is 5. The van der Waals surface area contributed by atoms with Gasteiger partial charge in [-0.25, -0.2) is 17.4 Å². The van der Waals surface area contributed by atoms with E-state index in [2.05, 4.69) is 44.3 Å². The van der Waals surface area contributed by atoms with Crippen molar-refractivity contribution in [3.63, 3.8) is 0 Å². The van der Waals surface area contributed by atoms with Crippen molar-refractivity contribution >= 4 is 38.4 Å². The molecule has 9 heteroatoms. The van der Waals surface area contributed by atoms with Gasteiger partial charge in [0.25, 0.3) is 10.0 Å². The van der Waals surface area contributed by atoms with Crippen LogP contribution in [-0.2, 0) is 10.0 Å². The number of aromatic nitrogens is 3. The summed E-state index contributed by atoms with van der Waals surface area (Å²) in [7, 11) is -1.60. The van der Waals surface area contributed by atoms with Crippen LogP contribution >= 0.6 is 0 Å². The maximum atomic E-state index is 13.1. The largest absolute Gasteiger partial charge is 0.369 e. The number of likely N-dealkylation sites (N-methyl/N-ethyl adjacent to an activating group) is 1. The minimum Gasteiger partial charge on any atom is -0.369 e. The lowest BCUT2D eigenvalue weighted by Crippen LogP contribution is -2.44. The Morgan fingerprint density at radius 1 is 0.906 bits per heavy atom. The van der Waals surface area contributed by atoms with Crippen molar-refractivity contribution in [2.45, 2.75) is 4.90 Å². The summed E-state index contributed by atoms with van der Waals surface area (Å²) in [6, 6.07) is 18.2. The highest BCUT2D eigenvalue weighted by Crippen LogP contribution is 2.24. The molecular weight excluding hydrogens is 424 g/mol. The number of fused-ring (bicyclic) bond motifs is 1. The Balaban J connectivity index is 1.39. The third kappa shape index (κ3) is 3.92. The van der Waals surface area contributed by atoms with Crippen LogP contribution in [-0.4, -0.2) is 60.5 Å². The summed E-state index contributed by atoms with van der Waals surface area (Å²) in [5.41, 5.74) is 2.36. The van der Waals surface area contributed by atoms with Gasteiger partial charge in [0.1, 0.15) is 0 Å². The molecule has 32 heavy (non-hydrogen) atoms. The molecule has 5 rings (SSSR count). The van der Waals surface area contributed by atoms with E-state index in [4.69, 9.17) is 0 Å². The Labute approximate surface area is 187 Å². The van der Waals surface area contributed by atoms with E-state index in [1.54, 1.807) is 42.6 Å². The van der Waals surface area contributed by atoms with Gasteiger partial charge in [-0.3, -0.25) is 0 Å². The van der Waals surface area contributed by atoms with E-state index in [0.29, 0.717) is 17.0 Å². The van der Waals surface area contributed by atoms with E-state index in [9.17, 15) is 8.42 Å². The van der Waals surface area contributed by atoms with Gasteiger partial charge in [0.05, 0.1) is 4.90 Å². The topological polar surface area (TPSA) is 83.4 Å². The number of nitrogens with one attached hydrogen (secondary N) is 1. The molecule has 164 valence electrons. The smallest absolute Gasteiger partial charge is 0.269 e. The third-order valence-electron chi connectivity index (χ3n) is 5.69. The Hall–Kier alpha value is -3.43. The molecule has 0 amide bonds. The lowest BCUT2D eigenvalue weighted by molar-refractivity contribution is 0.313. The van der Waals surface area contributed by atoms with Crippen molar-refractivity contribution in [3.8, 4) is 0 Å². The van der Waals surface area contributed by atoms with Crippen molar-refractivity contribution in [2.75, 3.05) is 43.4 Å². The number of rotatable bonds is 5. The van der Waals surface area contributed by atoms with Crippen LogP contribution in [0, 0.1) is 0 Å². The Bertz CT molecular complexity index is 1330. The fraction of sp³-hybridized carbons (Fsp3) is 0.217. The molecule has 1 N–H and O–H groups in total. The van der Waals surface area contributed by atoms with E-state index in [1.807, 2.05) is 12.1 Å². The molecule has 4 aromatic rings. The molecule has 0 aliphatic carbocycles. The normalized spacial score (nSPS) is 15.2. The van der Waals surface area contributed by atoms with Crippen LogP contribution in [0.1, 0.15) is 0 Å². The van der Waals surface area contributed by atoms with Crippen LogP contribution in [0.3, 0.4) is 0 Å². The van der Waals surface area contributed by atoms with Gasteiger partial charge in [0.2, 0.25) is 5.95 Å². The average Bonchev–Trinajstić information content (AvgIpc) is 3.25. The Morgan fingerprint density at radius 2 is 1.62 bits per heavy atom. The highest BCUT2D eigenvalue weighted by Gasteiger charge is 2.20. The predicted octanol–water partition coefficient (Wildman–Crippen LogP) is 3.16. The molecule has 0 saturated carbocycles. The summed E-state index contributed by atoms with van der Waals surface area (Å²) < 4.78 is 27.3. The van der Waals surface area contributed by atoms with Crippen LogP contribution in [0.15, 0.2) is 78.0 Å². The van der Waals surface area contributed by atoms with Gasteiger partial charge in [-0.1, -0.05) is 18.2 Å². The van der Waals surface area contributed by atoms with E-state index < -0.39 is 10.0 Å². The van der Waals surface area contributed by atoms with Crippen molar-refractivity contribution in [1.29, 1.82) is 0 Å². The second-order valence-corrected chi connectivity index (χ2v) is 9.68. The predicted molar refractivity (Wildman–Crippen MR) is 126 cm³/mol.